The average molecular weight is 505 g/mol. The summed E-state index contributed by atoms with van der Waals surface area (Å²) in [6, 6.07) is 11.7. The largest absolute Gasteiger partial charge is 0.456 e. The number of aryl methyl sites for hydroxylation is 3. The van der Waals surface area contributed by atoms with E-state index < -0.39 is 5.60 Å². The van der Waals surface area contributed by atoms with E-state index >= 15 is 0 Å². The van der Waals surface area contributed by atoms with Gasteiger partial charge in [0, 0.05) is 29.8 Å². The quantitative estimate of drug-likeness (QED) is 0.314. The normalized spacial score (nSPS) is 11.9. The van der Waals surface area contributed by atoms with Crippen LogP contribution < -0.4 is 10.3 Å². The van der Waals surface area contributed by atoms with E-state index in [2.05, 4.69) is 15.2 Å². The third-order valence-electron chi connectivity index (χ3n) is 6.01. The molecule has 3 heterocycles. The summed E-state index contributed by atoms with van der Waals surface area (Å²) < 4.78 is 22.1. The van der Waals surface area contributed by atoms with Gasteiger partial charge in [0.2, 0.25) is 0 Å². The average Bonchev–Trinajstić information content (AvgIpc) is 3.44. The molecule has 0 unspecified atom stereocenters. The SMILES string of the molecule is Cc1nc(-c2cc3c(-c4cc(C(C)(C)O)ccc4Oc4ccc(F)cc4C)cn(C)c(=O)c3s2)n[nH]1. The zero-order chi connectivity index (χ0) is 25.8. The summed E-state index contributed by atoms with van der Waals surface area (Å²) in [4.78, 5) is 18.2. The van der Waals surface area contributed by atoms with E-state index in [4.69, 9.17) is 4.74 Å². The van der Waals surface area contributed by atoms with Crippen molar-refractivity contribution >= 4 is 21.4 Å². The fourth-order valence-corrected chi connectivity index (χ4v) is 5.15. The van der Waals surface area contributed by atoms with Crippen LogP contribution in [0.5, 0.6) is 11.5 Å². The molecule has 0 atom stereocenters. The van der Waals surface area contributed by atoms with Crippen LogP contribution in [-0.2, 0) is 12.6 Å². The van der Waals surface area contributed by atoms with Crippen LogP contribution in [0.2, 0.25) is 0 Å². The number of fused-ring (bicyclic) bond motifs is 1. The van der Waals surface area contributed by atoms with Crippen LogP contribution >= 0.6 is 11.3 Å². The summed E-state index contributed by atoms with van der Waals surface area (Å²) in [7, 11) is 1.70. The summed E-state index contributed by atoms with van der Waals surface area (Å²) in [5.41, 5.74) is 1.54. The minimum absolute atomic E-state index is 0.132. The van der Waals surface area contributed by atoms with E-state index in [0.717, 1.165) is 15.8 Å². The van der Waals surface area contributed by atoms with Crippen LogP contribution in [0.4, 0.5) is 4.39 Å². The maximum absolute atomic E-state index is 13.7. The molecule has 5 aromatic rings. The first-order valence-corrected chi connectivity index (χ1v) is 12.2. The Bertz CT molecular complexity index is 1680. The fourth-order valence-electron chi connectivity index (χ4n) is 4.07. The molecule has 0 radical (unpaired) electrons. The van der Waals surface area contributed by atoms with E-state index in [1.807, 2.05) is 19.1 Å². The zero-order valence-corrected chi connectivity index (χ0v) is 21.3. The van der Waals surface area contributed by atoms with Crippen LogP contribution in [0.15, 0.2) is 53.5 Å². The van der Waals surface area contributed by atoms with Crippen molar-refractivity contribution in [1.82, 2.24) is 19.7 Å². The minimum atomic E-state index is -1.10. The van der Waals surface area contributed by atoms with Crippen molar-refractivity contribution in [1.29, 1.82) is 0 Å². The predicted molar refractivity (Wildman–Crippen MR) is 139 cm³/mol. The van der Waals surface area contributed by atoms with Crippen LogP contribution in [0, 0.1) is 19.7 Å². The van der Waals surface area contributed by atoms with Crippen LogP contribution in [0.25, 0.3) is 31.9 Å². The number of nitrogens with one attached hydrogen (secondary N) is 1. The first kappa shape index (κ1) is 23.9. The molecule has 0 saturated heterocycles. The molecule has 0 aliphatic heterocycles. The lowest BCUT2D eigenvalue weighted by molar-refractivity contribution is 0.0786. The van der Waals surface area contributed by atoms with Crippen molar-refractivity contribution in [2.45, 2.75) is 33.3 Å². The first-order chi connectivity index (χ1) is 17.0. The minimum Gasteiger partial charge on any atom is -0.456 e. The first-order valence-electron chi connectivity index (χ1n) is 11.3. The van der Waals surface area contributed by atoms with Gasteiger partial charge in [0.05, 0.1) is 10.5 Å². The van der Waals surface area contributed by atoms with Gasteiger partial charge in [0.1, 0.15) is 27.8 Å². The second-order valence-corrected chi connectivity index (χ2v) is 10.4. The smallest absolute Gasteiger partial charge is 0.268 e. The van der Waals surface area contributed by atoms with E-state index in [1.165, 1.54) is 28.0 Å². The number of rotatable bonds is 5. The molecule has 0 aliphatic carbocycles. The Morgan fingerprint density at radius 2 is 1.83 bits per heavy atom. The molecule has 0 spiro atoms. The molecular formula is C27H25FN4O3S. The Labute approximate surface area is 210 Å². The highest BCUT2D eigenvalue weighted by atomic mass is 32.1. The number of aromatic nitrogens is 4. The topological polar surface area (TPSA) is 93.0 Å². The number of aromatic amines is 1. The monoisotopic (exact) mass is 504 g/mol. The number of halogens is 1. The molecule has 0 amide bonds. The Hall–Kier alpha value is -3.82. The molecule has 0 fully saturated rings. The van der Waals surface area contributed by atoms with Gasteiger partial charge in [-0.2, -0.15) is 5.10 Å². The van der Waals surface area contributed by atoms with Crippen molar-refractivity contribution in [3.05, 3.63) is 81.8 Å². The zero-order valence-electron chi connectivity index (χ0n) is 20.5. The van der Waals surface area contributed by atoms with Crippen LogP contribution in [-0.4, -0.2) is 24.9 Å². The number of aliphatic hydroxyl groups is 1. The van der Waals surface area contributed by atoms with Crippen LogP contribution in [0.1, 0.15) is 30.8 Å². The van der Waals surface area contributed by atoms with Gasteiger partial charge in [0.15, 0.2) is 5.82 Å². The number of nitrogens with zero attached hydrogens (tertiary/aromatic N) is 3. The number of benzene rings is 2. The molecule has 36 heavy (non-hydrogen) atoms. The Morgan fingerprint density at radius 1 is 1.08 bits per heavy atom. The molecule has 2 aromatic carbocycles. The maximum atomic E-state index is 13.7. The van der Waals surface area contributed by atoms with Gasteiger partial charge in [-0.1, -0.05) is 6.07 Å². The molecule has 0 bridgehead atoms. The lowest BCUT2D eigenvalue weighted by Crippen LogP contribution is -2.16. The summed E-state index contributed by atoms with van der Waals surface area (Å²) >= 11 is 1.33. The van der Waals surface area contributed by atoms with Gasteiger partial charge >= 0.3 is 0 Å². The summed E-state index contributed by atoms with van der Waals surface area (Å²) in [6.07, 6.45) is 1.76. The van der Waals surface area contributed by atoms with Gasteiger partial charge in [-0.15, -0.1) is 11.3 Å². The Morgan fingerprint density at radius 3 is 2.50 bits per heavy atom. The van der Waals surface area contributed by atoms with Crippen molar-refractivity contribution in [2.24, 2.45) is 7.05 Å². The van der Waals surface area contributed by atoms with Gasteiger partial charge in [0.25, 0.3) is 5.56 Å². The number of hydrogen-bond donors (Lipinski definition) is 2. The highest BCUT2D eigenvalue weighted by Gasteiger charge is 2.23. The Balaban J connectivity index is 1.76. The van der Waals surface area contributed by atoms with Crippen molar-refractivity contribution in [3.8, 4) is 33.3 Å². The number of ether oxygens (including phenoxy) is 1. The molecule has 3 aromatic heterocycles. The maximum Gasteiger partial charge on any atom is 0.268 e. The summed E-state index contributed by atoms with van der Waals surface area (Å²) in [5, 5.41) is 18.5. The molecule has 0 saturated carbocycles. The van der Waals surface area contributed by atoms with Gasteiger partial charge in [-0.3, -0.25) is 9.89 Å². The lowest BCUT2D eigenvalue weighted by atomic mass is 9.93. The summed E-state index contributed by atoms with van der Waals surface area (Å²) in [5.74, 6) is 1.88. The van der Waals surface area contributed by atoms with E-state index in [-0.39, 0.29) is 11.4 Å². The van der Waals surface area contributed by atoms with Crippen molar-refractivity contribution < 1.29 is 14.2 Å². The standard InChI is InChI=1S/C27H25FN4O3S/c1-14-10-17(28)7-9-21(14)35-22-8-6-16(27(3,4)34)11-18(22)20-13-32(5)26(33)24-19(20)12-23(36-24)25-29-15(2)30-31-25/h6-13,34H,1-5H3,(H,29,30,31). The second kappa shape index (κ2) is 8.69. The highest BCUT2D eigenvalue weighted by molar-refractivity contribution is 7.22. The fraction of sp³-hybridized carbons (Fsp3) is 0.222. The molecule has 5 rings (SSSR count). The predicted octanol–water partition coefficient (Wildman–Crippen LogP) is 5.83. The number of thiophene rings is 1. The van der Waals surface area contributed by atoms with E-state index in [1.54, 1.807) is 52.2 Å². The van der Waals surface area contributed by atoms with E-state index in [9.17, 15) is 14.3 Å². The number of hydrogen-bond acceptors (Lipinski definition) is 6. The molecule has 9 heteroatoms. The summed E-state index contributed by atoms with van der Waals surface area (Å²) in [6.45, 7) is 7.01. The number of pyridine rings is 1. The molecule has 184 valence electrons. The second-order valence-electron chi connectivity index (χ2n) is 9.34. The lowest BCUT2D eigenvalue weighted by Gasteiger charge is -2.21. The highest BCUT2D eigenvalue weighted by Crippen LogP contribution is 2.42. The molecule has 0 aliphatic rings. The molecular weight excluding hydrogens is 479 g/mol. The van der Waals surface area contributed by atoms with Crippen LogP contribution in [0.3, 0.4) is 0 Å². The van der Waals surface area contributed by atoms with Gasteiger partial charge in [-0.25, -0.2) is 9.37 Å². The number of H-pyrrole nitrogens is 1. The van der Waals surface area contributed by atoms with Crippen molar-refractivity contribution in [2.75, 3.05) is 0 Å². The third-order valence-corrected chi connectivity index (χ3v) is 7.13. The van der Waals surface area contributed by atoms with Gasteiger partial charge in [-0.05, 0) is 75.2 Å². The van der Waals surface area contributed by atoms with Crippen molar-refractivity contribution in [3.63, 3.8) is 0 Å². The third kappa shape index (κ3) is 4.31. The molecule has 2 N–H and O–H groups in total. The van der Waals surface area contributed by atoms with Gasteiger partial charge < -0.3 is 14.4 Å². The molecule has 7 nitrogen and oxygen atoms in total. The Kier molecular flexibility index (Phi) is 5.77. The van der Waals surface area contributed by atoms with E-state index in [0.29, 0.717) is 44.5 Å².